The third-order valence-electron chi connectivity index (χ3n) is 4.07. The van der Waals surface area contributed by atoms with Gasteiger partial charge in [-0.1, -0.05) is 30.3 Å². The normalized spacial score (nSPS) is 11.4. The Morgan fingerprint density at radius 1 is 1.15 bits per heavy atom. The first-order valence-electron chi connectivity index (χ1n) is 8.26. The second-order valence-electron chi connectivity index (χ2n) is 6.20. The van der Waals surface area contributed by atoms with E-state index >= 15 is 0 Å². The standard InChI is InChI=1S/C19H23FN2O3S/c1-14-8-9-15(2)19(12-14)26(24,25)21-10-11-22(16(3)23)13-17-6-4-5-7-18(17)20/h4-9,12,21H,10-11,13H2,1-3H3. The molecule has 0 saturated heterocycles. The molecule has 0 aromatic heterocycles. The molecule has 26 heavy (non-hydrogen) atoms. The number of nitrogens with one attached hydrogen (secondary N) is 1. The van der Waals surface area contributed by atoms with E-state index in [0.29, 0.717) is 11.1 Å². The fraction of sp³-hybridized carbons (Fsp3) is 0.316. The first-order valence-corrected chi connectivity index (χ1v) is 9.75. The first kappa shape index (κ1) is 20.1. The molecule has 5 nitrogen and oxygen atoms in total. The van der Waals surface area contributed by atoms with Crippen molar-refractivity contribution in [1.29, 1.82) is 0 Å². The molecule has 0 unspecified atom stereocenters. The van der Waals surface area contributed by atoms with Crippen LogP contribution < -0.4 is 4.72 Å². The number of aryl methyl sites for hydroxylation is 2. The number of sulfonamides is 1. The molecular weight excluding hydrogens is 355 g/mol. The molecule has 0 spiro atoms. The minimum Gasteiger partial charge on any atom is -0.337 e. The molecule has 0 saturated carbocycles. The Morgan fingerprint density at radius 2 is 1.85 bits per heavy atom. The van der Waals surface area contributed by atoms with Gasteiger partial charge >= 0.3 is 0 Å². The summed E-state index contributed by atoms with van der Waals surface area (Å²) < 4.78 is 41.3. The maximum Gasteiger partial charge on any atom is 0.240 e. The van der Waals surface area contributed by atoms with E-state index in [2.05, 4.69) is 4.72 Å². The van der Waals surface area contributed by atoms with Gasteiger partial charge in [0.15, 0.2) is 0 Å². The van der Waals surface area contributed by atoms with Crippen LogP contribution in [0.4, 0.5) is 4.39 Å². The van der Waals surface area contributed by atoms with Gasteiger partial charge in [-0.3, -0.25) is 4.79 Å². The minimum absolute atomic E-state index is 0.0454. The minimum atomic E-state index is -3.68. The summed E-state index contributed by atoms with van der Waals surface area (Å²) in [5, 5.41) is 0. The summed E-state index contributed by atoms with van der Waals surface area (Å²) in [6.07, 6.45) is 0. The predicted molar refractivity (Wildman–Crippen MR) is 98.6 cm³/mol. The van der Waals surface area contributed by atoms with Crippen LogP contribution in [0.25, 0.3) is 0 Å². The molecule has 7 heteroatoms. The van der Waals surface area contributed by atoms with Gasteiger partial charge in [-0.2, -0.15) is 0 Å². The molecule has 0 fully saturated rings. The molecule has 2 aromatic carbocycles. The second kappa shape index (κ2) is 8.42. The van der Waals surface area contributed by atoms with Gasteiger partial charge < -0.3 is 4.90 Å². The molecule has 0 bridgehead atoms. The van der Waals surface area contributed by atoms with Crippen LogP contribution in [-0.2, 0) is 21.4 Å². The SMILES string of the molecule is CC(=O)N(CCNS(=O)(=O)c1cc(C)ccc1C)Cc1ccccc1F. The molecule has 2 rings (SSSR count). The summed E-state index contributed by atoms with van der Waals surface area (Å²) in [5.74, 6) is -0.645. The van der Waals surface area contributed by atoms with Crippen molar-refractivity contribution in [1.82, 2.24) is 9.62 Å². The van der Waals surface area contributed by atoms with Crippen LogP contribution >= 0.6 is 0 Å². The van der Waals surface area contributed by atoms with Gasteiger partial charge in [0.1, 0.15) is 5.82 Å². The van der Waals surface area contributed by atoms with Crippen molar-refractivity contribution >= 4 is 15.9 Å². The van der Waals surface area contributed by atoms with Crippen molar-refractivity contribution in [3.05, 3.63) is 65.0 Å². The molecule has 0 heterocycles. The number of amides is 1. The predicted octanol–water partition coefficient (Wildman–Crippen LogP) is 2.77. The third-order valence-corrected chi connectivity index (χ3v) is 5.67. The zero-order valence-electron chi connectivity index (χ0n) is 15.1. The lowest BCUT2D eigenvalue weighted by molar-refractivity contribution is -0.129. The zero-order valence-corrected chi connectivity index (χ0v) is 15.9. The van der Waals surface area contributed by atoms with E-state index in [0.717, 1.165) is 5.56 Å². The number of benzene rings is 2. The highest BCUT2D eigenvalue weighted by molar-refractivity contribution is 7.89. The van der Waals surface area contributed by atoms with Gasteiger partial charge in [0, 0.05) is 32.1 Å². The fourth-order valence-electron chi connectivity index (χ4n) is 2.57. The molecule has 0 aliphatic carbocycles. The number of halogens is 1. The number of carbonyl (C=O) groups is 1. The van der Waals surface area contributed by atoms with Crippen LogP contribution in [0.15, 0.2) is 47.4 Å². The Labute approximate surface area is 153 Å². The summed E-state index contributed by atoms with van der Waals surface area (Å²) in [6, 6.07) is 11.4. The number of nitrogens with zero attached hydrogens (tertiary/aromatic N) is 1. The second-order valence-corrected chi connectivity index (χ2v) is 7.93. The van der Waals surface area contributed by atoms with E-state index in [-0.39, 0.29) is 30.4 Å². The van der Waals surface area contributed by atoms with Crippen molar-refractivity contribution in [3.63, 3.8) is 0 Å². The van der Waals surface area contributed by atoms with Crippen LogP contribution in [0.2, 0.25) is 0 Å². The number of hydrogen-bond donors (Lipinski definition) is 1. The molecule has 0 aliphatic rings. The molecule has 0 radical (unpaired) electrons. The van der Waals surface area contributed by atoms with Crippen LogP contribution in [-0.4, -0.2) is 32.3 Å². The van der Waals surface area contributed by atoms with Gasteiger partial charge in [0.25, 0.3) is 0 Å². The molecule has 0 aliphatic heterocycles. The van der Waals surface area contributed by atoms with Gasteiger partial charge in [0.05, 0.1) is 4.90 Å². The van der Waals surface area contributed by atoms with E-state index in [9.17, 15) is 17.6 Å². The zero-order chi connectivity index (χ0) is 19.3. The monoisotopic (exact) mass is 378 g/mol. The Kier molecular flexibility index (Phi) is 6.50. The van der Waals surface area contributed by atoms with Crippen LogP contribution in [0.1, 0.15) is 23.6 Å². The Morgan fingerprint density at radius 3 is 2.50 bits per heavy atom. The van der Waals surface area contributed by atoms with Gasteiger partial charge in [0.2, 0.25) is 15.9 Å². The van der Waals surface area contributed by atoms with Crippen LogP contribution in [0.3, 0.4) is 0 Å². The smallest absolute Gasteiger partial charge is 0.240 e. The van der Waals surface area contributed by atoms with E-state index < -0.39 is 15.8 Å². The highest BCUT2D eigenvalue weighted by Gasteiger charge is 2.18. The lowest BCUT2D eigenvalue weighted by Crippen LogP contribution is -2.37. The molecule has 2 aromatic rings. The average molecular weight is 378 g/mol. The molecule has 1 N–H and O–H groups in total. The number of hydrogen-bond acceptors (Lipinski definition) is 3. The Hall–Kier alpha value is -2.25. The van der Waals surface area contributed by atoms with Crippen molar-refractivity contribution in [2.45, 2.75) is 32.2 Å². The fourth-order valence-corrected chi connectivity index (χ4v) is 3.92. The Bertz CT molecular complexity index is 897. The molecule has 1 amide bonds. The van der Waals surface area contributed by atoms with E-state index in [4.69, 9.17) is 0 Å². The topological polar surface area (TPSA) is 66.5 Å². The Balaban J connectivity index is 2.04. The largest absolute Gasteiger partial charge is 0.337 e. The third kappa shape index (κ3) is 5.12. The van der Waals surface area contributed by atoms with Crippen molar-refractivity contribution in [2.75, 3.05) is 13.1 Å². The van der Waals surface area contributed by atoms with Gasteiger partial charge in [-0.05, 0) is 37.1 Å². The van der Waals surface area contributed by atoms with E-state index in [1.807, 2.05) is 13.0 Å². The van der Waals surface area contributed by atoms with E-state index in [1.165, 1.54) is 17.9 Å². The van der Waals surface area contributed by atoms with Gasteiger partial charge in [-0.25, -0.2) is 17.5 Å². The van der Waals surface area contributed by atoms with Crippen molar-refractivity contribution in [2.24, 2.45) is 0 Å². The van der Waals surface area contributed by atoms with Crippen LogP contribution in [0.5, 0.6) is 0 Å². The van der Waals surface area contributed by atoms with Crippen molar-refractivity contribution in [3.8, 4) is 0 Å². The summed E-state index contributed by atoms with van der Waals surface area (Å²) in [5.41, 5.74) is 1.89. The molecular formula is C19H23FN2O3S. The molecule has 140 valence electrons. The maximum atomic E-state index is 13.8. The summed E-state index contributed by atoms with van der Waals surface area (Å²) in [4.78, 5) is 13.4. The maximum absolute atomic E-state index is 13.8. The average Bonchev–Trinajstić information content (AvgIpc) is 2.57. The van der Waals surface area contributed by atoms with Crippen LogP contribution in [0, 0.1) is 19.7 Å². The molecule has 0 atom stereocenters. The number of rotatable bonds is 7. The lowest BCUT2D eigenvalue weighted by atomic mass is 10.2. The summed E-state index contributed by atoms with van der Waals surface area (Å²) >= 11 is 0. The number of carbonyl (C=O) groups excluding carboxylic acids is 1. The van der Waals surface area contributed by atoms with Gasteiger partial charge in [-0.15, -0.1) is 0 Å². The highest BCUT2D eigenvalue weighted by Crippen LogP contribution is 2.16. The summed E-state index contributed by atoms with van der Waals surface area (Å²) in [7, 11) is -3.68. The highest BCUT2D eigenvalue weighted by atomic mass is 32.2. The van der Waals surface area contributed by atoms with Crippen molar-refractivity contribution < 1.29 is 17.6 Å². The first-order chi connectivity index (χ1) is 12.2. The summed E-state index contributed by atoms with van der Waals surface area (Å²) in [6.45, 7) is 5.21. The lowest BCUT2D eigenvalue weighted by Gasteiger charge is -2.22. The quantitative estimate of drug-likeness (QED) is 0.806. The van der Waals surface area contributed by atoms with E-state index in [1.54, 1.807) is 37.3 Å².